The zero-order chi connectivity index (χ0) is 12.4. The van der Waals surface area contributed by atoms with Crippen LogP contribution in [0.3, 0.4) is 0 Å². The molecule has 18 heavy (non-hydrogen) atoms. The highest BCUT2D eigenvalue weighted by molar-refractivity contribution is 7.07. The summed E-state index contributed by atoms with van der Waals surface area (Å²) in [6.07, 6.45) is 2.15. The minimum atomic E-state index is -0.130. The molecule has 1 aliphatic heterocycles. The van der Waals surface area contributed by atoms with Gasteiger partial charge in [0.05, 0.1) is 0 Å². The van der Waals surface area contributed by atoms with Crippen molar-refractivity contribution in [3.63, 3.8) is 0 Å². The molecule has 3 heteroatoms. The Labute approximate surface area is 111 Å². The lowest BCUT2D eigenvalue weighted by Gasteiger charge is -2.43. The standard InChI is InChI=1S/C15H16FNS/c16-14-3-1-2-13(8-14)15(10-17-11-15)6-4-12-5-7-18-9-12/h1-3,5,7-9,17H,4,6,10-11H2. The third-order valence-electron chi connectivity index (χ3n) is 3.84. The van der Waals surface area contributed by atoms with Crippen LogP contribution in [0.1, 0.15) is 17.5 Å². The van der Waals surface area contributed by atoms with E-state index in [1.165, 1.54) is 11.6 Å². The van der Waals surface area contributed by atoms with E-state index in [2.05, 4.69) is 28.2 Å². The number of hydrogen-bond donors (Lipinski definition) is 1. The molecule has 0 unspecified atom stereocenters. The predicted molar refractivity (Wildman–Crippen MR) is 73.6 cm³/mol. The highest BCUT2D eigenvalue weighted by atomic mass is 32.1. The van der Waals surface area contributed by atoms with Crippen molar-refractivity contribution in [2.75, 3.05) is 13.1 Å². The van der Waals surface area contributed by atoms with Crippen LogP contribution in [0.5, 0.6) is 0 Å². The summed E-state index contributed by atoms with van der Waals surface area (Å²) in [5.74, 6) is -0.130. The molecule has 1 nitrogen and oxygen atoms in total. The van der Waals surface area contributed by atoms with Crippen LogP contribution in [0.2, 0.25) is 0 Å². The summed E-state index contributed by atoms with van der Waals surface area (Å²) in [7, 11) is 0. The van der Waals surface area contributed by atoms with E-state index in [0.717, 1.165) is 31.5 Å². The van der Waals surface area contributed by atoms with E-state index in [-0.39, 0.29) is 11.2 Å². The minimum absolute atomic E-state index is 0.129. The normalized spacial score (nSPS) is 17.4. The van der Waals surface area contributed by atoms with Crippen molar-refractivity contribution >= 4 is 11.3 Å². The molecule has 1 aromatic carbocycles. The van der Waals surface area contributed by atoms with Gasteiger partial charge >= 0.3 is 0 Å². The van der Waals surface area contributed by atoms with Crippen molar-refractivity contribution in [2.45, 2.75) is 18.3 Å². The first kappa shape index (κ1) is 11.9. The number of thiophene rings is 1. The summed E-state index contributed by atoms with van der Waals surface area (Å²) in [6.45, 7) is 1.92. The molecule has 1 aliphatic rings. The molecule has 0 spiro atoms. The van der Waals surface area contributed by atoms with Gasteiger partial charge in [0.1, 0.15) is 5.82 Å². The molecule has 2 heterocycles. The first-order chi connectivity index (χ1) is 8.78. The summed E-state index contributed by atoms with van der Waals surface area (Å²) in [6, 6.07) is 9.25. The zero-order valence-corrected chi connectivity index (χ0v) is 11.0. The van der Waals surface area contributed by atoms with Gasteiger partial charge in [-0.2, -0.15) is 11.3 Å². The first-order valence-corrected chi connectivity index (χ1v) is 7.21. The van der Waals surface area contributed by atoms with Crippen LogP contribution in [0.25, 0.3) is 0 Å². The Morgan fingerprint density at radius 1 is 1.28 bits per heavy atom. The molecule has 94 valence electrons. The first-order valence-electron chi connectivity index (χ1n) is 6.26. The Hall–Kier alpha value is -1.19. The van der Waals surface area contributed by atoms with Gasteiger partial charge < -0.3 is 5.32 Å². The molecule has 0 atom stereocenters. The fourth-order valence-corrected chi connectivity index (χ4v) is 3.29. The Bertz CT molecular complexity index is 517. The molecule has 0 saturated carbocycles. The fraction of sp³-hybridized carbons (Fsp3) is 0.333. The van der Waals surface area contributed by atoms with Crippen LogP contribution in [-0.2, 0) is 11.8 Å². The van der Waals surface area contributed by atoms with E-state index >= 15 is 0 Å². The van der Waals surface area contributed by atoms with E-state index < -0.39 is 0 Å². The Balaban J connectivity index is 1.78. The Morgan fingerprint density at radius 3 is 2.78 bits per heavy atom. The van der Waals surface area contributed by atoms with Gasteiger partial charge in [0.2, 0.25) is 0 Å². The number of aryl methyl sites for hydroxylation is 1. The van der Waals surface area contributed by atoms with Crippen molar-refractivity contribution in [1.82, 2.24) is 5.32 Å². The average Bonchev–Trinajstić information content (AvgIpc) is 2.81. The SMILES string of the molecule is Fc1cccc(C2(CCc3ccsc3)CNC2)c1. The van der Waals surface area contributed by atoms with E-state index in [4.69, 9.17) is 0 Å². The van der Waals surface area contributed by atoms with Crippen LogP contribution >= 0.6 is 11.3 Å². The second kappa shape index (κ2) is 4.82. The summed E-state index contributed by atoms with van der Waals surface area (Å²) in [5, 5.41) is 7.64. The number of nitrogens with one attached hydrogen (secondary N) is 1. The van der Waals surface area contributed by atoms with Crippen LogP contribution in [0.15, 0.2) is 41.1 Å². The van der Waals surface area contributed by atoms with Crippen molar-refractivity contribution in [3.05, 3.63) is 58.0 Å². The van der Waals surface area contributed by atoms with Gasteiger partial charge in [-0.25, -0.2) is 4.39 Å². The molecule has 1 aromatic heterocycles. The van der Waals surface area contributed by atoms with Gasteiger partial charge in [-0.3, -0.25) is 0 Å². The third-order valence-corrected chi connectivity index (χ3v) is 4.57. The smallest absolute Gasteiger partial charge is 0.123 e. The number of halogens is 1. The van der Waals surface area contributed by atoms with Gasteiger partial charge in [0, 0.05) is 18.5 Å². The second-order valence-electron chi connectivity index (χ2n) is 5.03. The van der Waals surface area contributed by atoms with E-state index in [0.29, 0.717) is 0 Å². The maximum Gasteiger partial charge on any atom is 0.123 e. The van der Waals surface area contributed by atoms with E-state index in [9.17, 15) is 4.39 Å². The molecule has 3 rings (SSSR count). The molecule has 1 saturated heterocycles. The Kier molecular flexibility index (Phi) is 3.18. The van der Waals surface area contributed by atoms with Crippen molar-refractivity contribution < 1.29 is 4.39 Å². The predicted octanol–water partition coefficient (Wildman–Crippen LogP) is 3.36. The van der Waals surface area contributed by atoms with Gasteiger partial charge in [0.15, 0.2) is 0 Å². The summed E-state index contributed by atoms with van der Waals surface area (Å²) >= 11 is 1.74. The van der Waals surface area contributed by atoms with Crippen molar-refractivity contribution in [1.29, 1.82) is 0 Å². The highest BCUT2D eigenvalue weighted by Crippen LogP contribution is 2.34. The molecule has 2 aromatic rings. The van der Waals surface area contributed by atoms with Gasteiger partial charge in [-0.15, -0.1) is 0 Å². The molecular weight excluding hydrogens is 245 g/mol. The summed E-state index contributed by atoms with van der Waals surface area (Å²) in [5.41, 5.74) is 2.66. The lowest BCUT2D eigenvalue weighted by atomic mass is 9.71. The van der Waals surface area contributed by atoms with Crippen molar-refractivity contribution in [2.24, 2.45) is 0 Å². The number of rotatable bonds is 4. The van der Waals surface area contributed by atoms with Crippen LogP contribution in [0, 0.1) is 5.82 Å². The topological polar surface area (TPSA) is 12.0 Å². The van der Waals surface area contributed by atoms with Crippen LogP contribution < -0.4 is 5.32 Å². The molecule has 0 aliphatic carbocycles. The maximum atomic E-state index is 13.4. The second-order valence-corrected chi connectivity index (χ2v) is 5.81. The minimum Gasteiger partial charge on any atom is -0.315 e. The Morgan fingerprint density at radius 2 is 2.17 bits per heavy atom. The lowest BCUT2D eigenvalue weighted by Crippen LogP contribution is -2.57. The zero-order valence-electron chi connectivity index (χ0n) is 10.2. The monoisotopic (exact) mass is 261 g/mol. The number of benzene rings is 1. The molecule has 0 bridgehead atoms. The molecule has 1 fully saturated rings. The largest absolute Gasteiger partial charge is 0.315 e. The van der Waals surface area contributed by atoms with E-state index in [1.54, 1.807) is 17.4 Å². The van der Waals surface area contributed by atoms with Crippen LogP contribution in [0.4, 0.5) is 4.39 Å². The molecule has 0 radical (unpaired) electrons. The average molecular weight is 261 g/mol. The molecular formula is C15H16FNS. The third kappa shape index (κ3) is 2.20. The highest BCUT2D eigenvalue weighted by Gasteiger charge is 2.38. The number of hydrogen-bond acceptors (Lipinski definition) is 2. The quantitative estimate of drug-likeness (QED) is 0.890. The van der Waals surface area contributed by atoms with Gasteiger partial charge in [0.25, 0.3) is 0 Å². The summed E-state index contributed by atoms with van der Waals surface area (Å²) in [4.78, 5) is 0. The van der Waals surface area contributed by atoms with E-state index in [1.807, 2.05) is 6.07 Å². The van der Waals surface area contributed by atoms with Crippen LogP contribution in [-0.4, -0.2) is 13.1 Å². The fourth-order valence-electron chi connectivity index (χ4n) is 2.59. The summed E-state index contributed by atoms with van der Waals surface area (Å²) < 4.78 is 13.4. The van der Waals surface area contributed by atoms with Crippen molar-refractivity contribution in [3.8, 4) is 0 Å². The van der Waals surface area contributed by atoms with Gasteiger partial charge in [-0.05, 0) is 52.9 Å². The molecule has 0 amide bonds. The van der Waals surface area contributed by atoms with Gasteiger partial charge in [-0.1, -0.05) is 12.1 Å². The lowest BCUT2D eigenvalue weighted by molar-refractivity contribution is 0.257. The molecule has 1 N–H and O–H groups in total. The maximum absolute atomic E-state index is 13.4.